The maximum Gasteiger partial charge on any atom is 0.272 e. The summed E-state index contributed by atoms with van der Waals surface area (Å²) in [5, 5.41) is 0. The molecule has 0 saturated carbocycles. The van der Waals surface area contributed by atoms with Crippen LogP contribution in [0.1, 0.15) is 21.7 Å². The minimum atomic E-state index is -0.222. The number of hydrogen-bond donors (Lipinski definition) is 0. The number of fused-ring (bicyclic) bond motifs is 1. The smallest absolute Gasteiger partial charge is 0.272 e. The molecule has 0 radical (unpaired) electrons. The fraction of sp³-hybridized carbons (Fsp3) is 0.300. The molecular weight excluding hydrogens is 331 g/mol. The highest BCUT2D eigenvalue weighted by atomic mass is 19.1. The lowest BCUT2D eigenvalue weighted by Gasteiger charge is -2.36. The summed E-state index contributed by atoms with van der Waals surface area (Å²) in [5.74, 6) is -0.243. The lowest BCUT2D eigenvalue weighted by atomic mass is 10.2. The summed E-state index contributed by atoms with van der Waals surface area (Å²) in [5.41, 5.74) is 3.84. The van der Waals surface area contributed by atoms with Crippen LogP contribution in [0.4, 0.5) is 10.1 Å². The monoisotopic (exact) mass is 352 g/mol. The zero-order valence-electron chi connectivity index (χ0n) is 14.9. The largest absolute Gasteiger partial charge is 0.366 e. The molecule has 0 aliphatic carbocycles. The number of aryl methyl sites for hydroxylation is 2. The van der Waals surface area contributed by atoms with Crippen molar-refractivity contribution in [2.45, 2.75) is 13.8 Å². The van der Waals surface area contributed by atoms with Crippen LogP contribution in [-0.2, 0) is 0 Å². The number of para-hydroxylation sites is 1. The normalized spacial score (nSPS) is 14.9. The van der Waals surface area contributed by atoms with E-state index in [4.69, 9.17) is 0 Å². The number of amides is 1. The summed E-state index contributed by atoms with van der Waals surface area (Å²) < 4.78 is 15.8. The van der Waals surface area contributed by atoms with Crippen molar-refractivity contribution in [3.63, 3.8) is 0 Å². The maximum absolute atomic E-state index is 14.0. The topological polar surface area (TPSA) is 40.9 Å². The van der Waals surface area contributed by atoms with E-state index < -0.39 is 0 Å². The van der Waals surface area contributed by atoms with Crippen LogP contribution in [0.2, 0.25) is 0 Å². The predicted molar refractivity (Wildman–Crippen MR) is 99.2 cm³/mol. The van der Waals surface area contributed by atoms with Crippen molar-refractivity contribution in [1.82, 2.24) is 14.3 Å². The molecule has 1 fully saturated rings. The minimum Gasteiger partial charge on any atom is -0.366 e. The Kier molecular flexibility index (Phi) is 4.11. The molecule has 6 heteroatoms. The van der Waals surface area contributed by atoms with Crippen LogP contribution in [0.15, 0.2) is 42.6 Å². The third-order valence-corrected chi connectivity index (χ3v) is 4.92. The lowest BCUT2D eigenvalue weighted by Crippen LogP contribution is -2.49. The van der Waals surface area contributed by atoms with E-state index in [0.717, 1.165) is 16.9 Å². The van der Waals surface area contributed by atoms with E-state index in [9.17, 15) is 9.18 Å². The van der Waals surface area contributed by atoms with Gasteiger partial charge in [-0.05, 0) is 43.7 Å². The van der Waals surface area contributed by atoms with E-state index in [1.54, 1.807) is 12.1 Å². The van der Waals surface area contributed by atoms with Gasteiger partial charge >= 0.3 is 0 Å². The molecular formula is C20H21FN4O. The van der Waals surface area contributed by atoms with Crippen molar-refractivity contribution >= 4 is 17.2 Å². The molecule has 26 heavy (non-hydrogen) atoms. The molecule has 3 heterocycles. The third kappa shape index (κ3) is 2.81. The summed E-state index contributed by atoms with van der Waals surface area (Å²) in [4.78, 5) is 21.4. The number of rotatable bonds is 2. The van der Waals surface area contributed by atoms with Crippen molar-refractivity contribution in [2.24, 2.45) is 0 Å². The zero-order valence-corrected chi connectivity index (χ0v) is 14.9. The van der Waals surface area contributed by atoms with E-state index in [0.29, 0.717) is 37.6 Å². The van der Waals surface area contributed by atoms with Gasteiger partial charge in [0, 0.05) is 32.4 Å². The van der Waals surface area contributed by atoms with Crippen LogP contribution in [-0.4, -0.2) is 46.4 Å². The molecule has 0 bridgehead atoms. The third-order valence-electron chi connectivity index (χ3n) is 4.92. The highest BCUT2D eigenvalue weighted by Gasteiger charge is 2.27. The molecule has 0 atom stereocenters. The highest BCUT2D eigenvalue weighted by Crippen LogP contribution is 2.22. The Hall–Kier alpha value is -2.89. The fourth-order valence-corrected chi connectivity index (χ4v) is 3.53. The number of benzene rings is 1. The summed E-state index contributed by atoms with van der Waals surface area (Å²) in [6.45, 7) is 6.22. The standard InChI is InChI=1S/C20H21FN4O/c1-14-7-8-25-18(13-14)22-15(2)19(25)20(26)24-11-9-23(10-12-24)17-6-4-3-5-16(17)21/h3-8,13H,9-12H2,1-2H3. The Labute approximate surface area is 151 Å². The minimum absolute atomic E-state index is 0.0213. The van der Waals surface area contributed by atoms with Crippen LogP contribution in [0.5, 0.6) is 0 Å². The molecule has 2 aromatic heterocycles. The van der Waals surface area contributed by atoms with E-state index in [1.165, 1.54) is 6.07 Å². The van der Waals surface area contributed by atoms with Gasteiger partial charge in [0.1, 0.15) is 17.2 Å². The van der Waals surface area contributed by atoms with Crippen molar-refractivity contribution in [3.05, 3.63) is 65.4 Å². The molecule has 1 amide bonds. The summed E-state index contributed by atoms with van der Waals surface area (Å²) in [7, 11) is 0. The summed E-state index contributed by atoms with van der Waals surface area (Å²) >= 11 is 0. The van der Waals surface area contributed by atoms with Gasteiger partial charge in [0.05, 0.1) is 11.4 Å². The molecule has 1 aromatic carbocycles. The number of piperazine rings is 1. The van der Waals surface area contributed by atoms with Crippen LogP contribution in [0, 0.1) is 19.7 Å². The van der Waals surface area contributed by atoms with Crippen LogP contribution in [0.3, 0.4) is 0 Å². The first-order valence-electron chi connectivity index (χ1n) is 8.78. The molecule has 1 aliphatic rings. The zero-order chi connectivity index (χ0) is 18.3. The van der Waals surface area contributed by atoms with Crippen molar-refractivity contribution in [3.8, 4) is 0 Å². The number of aromatic nitrogens is 2. The van der Waals surface area contributed by atoms with Crippen LogP contribution >= 0.6 is 0 Å². The fourth-order valence-electron chi connectivity index (χ4n) is 3.53. The van der Waals surface area contributed by atoms with E-state index >= 15 is 0 Å². The van der Waals surface area contributed by atoms with Gasteiger partial charge in [-0.25, -0.2) is 9.37 Å². The summed E-state index contributed by atoms with van der Waals surface area (Å²) in [6, 6.07) is 10.7. The average molecular weight is 352 g/mol. The quantitative estimate of drug-likeness (QED) is 0.712. The average Bonchev–Trinajstić information content (AvgIpc) is 2.96. The predicted octanol–water partition coefficient (Wildman–Crippen LogP) is 3.05. The van der Waals surface area contributed by atoms with Crippen molar-refractivity contribution in [2.75, 3.05) is 31.1 Å². The second-order valence-corrected chi connectivity index (χ2v) is 6.71. The number of halogens is 1. The molecule has 0 N–H and O–H groups in total. The molecule has 5 nitrogen and oxygen atoms in total. The Morgan fingerprint density at radius 2 is 1.81 bits per heavy atom. The Balaban J connectivity index is 1.54. The molecule has 134 valence electrons. The molecule has 1 aliphatic heterocycles. The SMILES string of the molecule is Cc1ccn2c(C(=O)N3CCN(c4ccccc4F)CC3)c(C)nc2c1. The molecule has 0 spiro atoms. The van der Waals surface area contributed by atoms with Gasteiger partial charge < -0.3 is 9.80 Å². The number of carbonyl (C=O) groups is 1. The van der Waals surface area contributed by atoms with Gasteiger partial charge in [-0.2, -0.15) is 0 Å². The lowest BCUT2D eigenvalue weighted by molar-refractivity contribution is 0.0739. The van der Waals surface area contributed by atoms with Gasteiger partial charge in [0.15, 0.2) is 0 Å². The first-order valence-corrected chi connectivity index (χ1v) is 8.78. The summed E-state index contributed by atoms with van der Waals surface area (Å²) in [6.07, 6.45) is 1.90. The highest BCUT2D eigenvalue weighted by molar-refractivity contribution is 5.95. The first kappa shape index (κ1) is 16.6. The van der Waals surface area contributed by atoms with Crippen LogP contribution < -0.4 is 4.90 Å². The number of carbonyl (C=O) groups excluding carboxylic acids is 1. The van der Waals surface area contributed by atoms with E-state index in [1.807, 2.05) is 52.4 Å². The number of pyridine rings is 1. The molecule has 3 aromatic rings. The van der Waals surface area contributed by atoms with E-state index in [2.05, 4.69) is 4.98 Å². The molecule has 1 saturated heterocycles. The van der Waals surface area contributed by atoms with Crippen molar-refractivity contribution < 1.29 is 9.18 Å². The van der Waals surface area contributed by atoms with Gasteiger partial charge in [-0.1, -0.05) is 12.1 Å². The van der Waals surface area contributed by atoms with E-state index in [-0.39, 0.29) is 11.7 Å². The van der Waals surface area contributed by atoms with Gasteiger partial charge in [-0.3, -0.25) is 9.20 Å². The van der Waals surface area contributed by atoms with Gasteiger partial charge in [0.2, 0.25) is 0 Å². The second kappa shape index (κ2) is 6.44. The number of hydrogen-bond acceptors (Lipinski definition) is 3. The Bertz CT molecular complexity index is 973. The first-order chi connectivity index (χ1) is 12.5. The number of anilines is 1. The Morgan fingerprint density at radius 1 is 1.08 bits per heavy atom. The Morgan fingerprint density at radius 3 is 2.54 bits per heavy atom. The van der Waals surface area contributed by atoms with Crippen LogP contribution in [0.25, 0.3) is 5.65 Å². The second-order valence-electron chi connectivity index (χ2n) is 6.71. The molecule has 4 rings (SSSR count). The number of nitrogens with zero attached hydrogens (tertiary/aromatic N) is 4. The molecule has 0 unspecified atom stereocenters. The van der Waals surface area contributed by atoms with Gasteiger partial charge in [-0.15, -0.1) is 0 Å². The maximum atomic E-state index is 14.0. The number of imidazole rings is 1. The van der Waals surface area contributed by atoms with Crippen molar-refractivity contribution in [1.29, 1.82) is 0 Å². The van der Waals surface area contributed by atoms with Gasteiger partial charge in [0.25, 0.3) is 5.91 Å².